The van der Waals surface area contributed by atoms with E-state index in [1.807, 2.05) is 58.1 Å². The Morgan fingerprint density at radius 1 is 0.980 bits per heavy atom. The van der Waals surface area contributed by atoms with Crippen LogP contribution < -0.4 is 36.2 Å². The molecule has 3 aromatic rings. The molecule has 3 aliphatic rings. The summed E-state index contributed by atoms with van der Waals surface area (Å²) in [5, 5.41) is 19.7. The topological polar surface area (TPSA) is 129 Å². The first kappa shape index (κ1) is 37.1. The maximum atomic E-state index is 13.4. The van der Waals surface area contributed by atoms with Crippen molar-refractivity contribution in [2.75, 3.05) is 13.7 Å². The Bertz CT molecular complexity index is 2190. The van der Waals surface area contributed by atoms with Gasteiger partial charge in [-0.2, -0.15) is 5.70 Å². The average Bonchev–Trinajstić information content (AvgIpc) is 3.80. The monoisotopic (exact) mass is 684 g/mol. The molecule has 9 nitrogen and oxygen atoms in total. The molecule has 10 heteroatoms. The van der Waals surface area contributed by atoms with Crippen molar-refractivity contribution in [3.8, 4) is 0 Å². The quantitative estimate of drug-likeness (QED) is 0.218. The van der Waals surface area contributed by atoms with E-state index < -0.39 is 17.9 Å². The number of hydrogen-bond acceptors (Lipinski definition) is 5. The van der Waals surface area contributed by atoms with Crippen LogP contribution in [0.3, 0.4) is 0 Å². The smallest absolute Gasteiger partial charge is 0.681 e. The first-order valence-electron chi connectivity index (χ1n) is 16.9. The van der Waals surface area contributed by atoms with E-state index in [0.717, 1.165) is 67.6 Å². The van der Waals surface area contributed by atoms with Crippen LogP contribution in [0, 0.1) is 38.5 Å². The molecular formula is C40H44MgN4O5-2. The fraction of sp³-hybridized carbons (Fsp3) is 0.400. The molecule has 1 N–H and O–H groups in total. The summed E-state index contributed by atoms with van der Waals surface area (Å²) in [6, 6.07) is -0.563. The summed E-state index contributed by atoms with van der Waals surface area (Å²) < 4.78 is 10.7. The normalized spacial score (nSPS) is 22.6. The molecule has 0 spiro atoms. The Morgan fingerprint density at radius 2 is 1.68 bits per heavy atom. The molecule has 0 amide bonds. The van der Waals surface area contributed by atoms with Crippen molar-refractivity contribution < 1.29 is 24.2 Å². The van der Waals surface area contributed by atoms with Crippen molar-refractivity contribution in [1.82, 2.24) is 15.0 Å². The van der Waals surface area contributed by atoms with E-state index in [1.54, 1.807) is 0 Å². The minimum absolute atomic E-state index is 0. The van der Waals surface area contributed by atoms with Crippen molar-refractivity contribution in [2.45, 2.75) is 73.8 Å². The van der Waals surface area contributed by atoms with Gasteiger partial charge >= 0.3 is 35.0 Å². The maximum absolute atomic E-state index is 13.4. The summed E-state index contributed by atoms with van der Waals surface area (Å²) in [6.45, 7) is 18.4. The molecule has 5 heterocycles. The SMILES string of the molecule is C=Cc1c2[n-]c(c1C)/C=C1\[N-]C(C3=c4[n-]c(c(C)c4=C(O)[C@@H]3C(=O)OC)/C=c3\[n-]/c(c(C)c3CC)=C\2)[C@@H](CCC(=O)OCC=C(C)C)[C@@H]1C.[Mg+2]. The molecule has 1 fully saturated rings. The van der Waals surface area contributed by atoms with Gasteiger partial charge in [-0.1, -0.05) is 84.2 Å². The van der Waals surface area contributed by atoms with E-state index in [1.165, 1.54) is 7.11 Å². The van der Waals surface area contributed by atoms with Crippen LogP contribution >= 0.6 is 0 Å². The molecule has 8 bridgehead atoms. The number of methoxy groups -OCH3 is 1. The van der Waals surface area contributed by atoms with E-state index in [0.29, 0.717) is 28.3 Å². The van der Waals surface area contributed by atoms with Gasteiger partial charge in [-0.25, -0.2) is 0 Å². The summed E-state index contributed by atoms with van der Waals surface area (Å²) in [5.74, 6) is -2.35. The summed E-state index contributed by atoms with van der Waals surface area (Å²) in [4.78, 5) is 41.5. The number of hydrogen-bond donors (Lipinski definition) is 1. The third kappa shape index (κ3) is 6.32. The first-order valence-corrected chi connectivity index (χ1v) is 16.9. The number of carbonyl (C=O) groups excluding carboxylic acids is 2. The van der Waals surface area contributed by atoms with Crippen molar-refractivity contribution in [2.24, 2.45) is 17.8 Å². The molecule has 0 aromatic carbocycles. The average molecular weight is 685 g/mol. The molecule has 1 aliphatic carbocycles. The van der Waals surface area contributed by atoms with E-state index in [4.69, 9.17) is 29.7 Å². The Hall–Kier alpha value is -4.15. The van der Waals surface area contributed by atoms with Crippen molar-refractivity contribution in [1.29, 1.82) is 0 Å². The number of ether oxygens (including phenoxy) is 2. The van der Waals surface area contributed by atoms with Crippen LogP contribution in [0.5, 0.6) is 0 Å². The number of aromatic nitrogens is 3. The second-order valence-corrected chi connectivity index (χ2v) is 13.5. The predicted molar refractivity (Wildman–Crippen MR) is 197 cm³/mol. The summed E-state index contributed by atoms with van der Waals surface area (Å²) in [7, 11) is 1.32. The molecule has 50 heavy (non-hydrogen) atoms. The van der Waals surface area contributed by atoms with Crippen LogP contribution in [0.4, 0.5) is 0 Å². The van der Waals surface area contributed by atoms with Crippen LogP contribution in [0.2, 0.25) is 0 Å². The summed E-state index contributed by atoms with van der Waals surface area (Å²) in [6.07, 6.45) is 11.1. The van der Waals surface area contributed by atoms with Gasteiger partial charge in [-0.3, -0.25) is 9.59 Å². The molecule has 4 atom stereocenters. The summed E-state index contributed by atoms with van der Waals surface area (Å²) in [5.41, 5.74) is 9.50. The van der Waals surface area contributed by atoms with Gasteiger partial charge in [0.1, 0.15) is 18.3 Å². The number of carbonyl (C=O) groups is 2. The van der Waals surface area contributed by atoms with Crippen LogP contribution in [0.1, 0.15) is 85.4 Å². The second-order valence-electron chi connectivity index (χ2n) is 13.5. The molecular weight excluding hydrogens is 641 g/mol. The van der Waals surface area contributed by atoms with Gasteiger partial charge in [0.25, 0.3) is 0 Å². The molecule has 3 aromatic heterocycles. The number of fused-ring (bicyclic) bond motifs is 8. The van der Waals surface area contributed by atoms with Gasteiger partial charge in [0.05, 0.1) is 7.11 Å². The van der Waals surface area contributed by atoms with Crippen molar-refractivity contribution >= 4 is 70.6 Å². The van der Waals surface area contributed by atoms with Gasteiger partial charge in [0.2, 0.25) is 0 Å². The largest absolute Gasteiger partial charge is 2.00 e. The van der Waals surface area contributed by atoms with Gasteiger partial charge in [-0.15, -0.1) is 33.1 Å². The molecule has 6 rings (SSSR count). The fourth-order valence-corrected chi connectivity index (χ4v) is 7.57. The number of allylic oxidation sites excluding steroid dienone is 2. The minimum Gasteiger partial charge on any atom is -0.681 e. The van der Waals surface area contributed by atoms with Gasteiger partial charge in [0, 0.05) is 11.6 Å². The predicted octanol–water partition coefficient (Wildman–Crippen LogP) is 3.24. The Labute approximate surface area is 309 Å². The maximum Gasteiger partial charge on any atom is 2.00 e. The molecule has 0 radical (unpaired) electrons. The minimum atomic E-state index is -1.06. The Balaban J connectivity index is 0.00000486. The zero-order valence-electron chi connectivity index (χ0n) is 30.3. The number of nitrogens with zero attached hydrogens (tertiary/aromatic N) is 4. The molecule has 0 saturated carbocycles. The second kappa shape index (κ2) is 14.6. The van der Waals surface area contributed by atoms with Gasteiger partial charge in [0.15, 0.2) is 0 Å². The van der Waals surface area contributed by atoms with Crippen LogP contribution in [-0.2, 0) is 25.5 Å². The van der Waals surface area contributed by atoms with Gasteiger partial charge < -0.3 is 34.8 Å². The number of aliphatic hydroxyl groups excluding tert-OH is 1. The molecule has 2 aliphatic heterocycles. The zero-order chi connectivity index (χ0) is 35.3. The van der Waals surface area contributed by atoms with Crippen LogP contribution in [0.25, 0.3) is 41.0 Å². The van der Waals surface area contributed by atoms with Crippen LogP contribution in [-0.4, -0.2) is 59.9 Å². The number of aliphatic hydroxyl groups is 1. The summed E-state index contributed by atoms with van der Waals surface area (Å²) >= 11 is 0. The van der Waals surface area contributed by atoms with Gasteiger partial charge in [-0.05, 0) is 70.9 Å². The fourth-order valence-electron chi connectivity index (χ4n) is 7.57. The van der Waals surface area contributed by atoms with Crippen molar-refractivity contribution in [3.05, 3.63) is 95.4 Å². The van der Waals surface area contributed by atoms with E-state index in [-0.39, 0.29) is 59.6 Å². The van der Waals surface area contributed by atoms with E-state index >= 15 is 0 Å². The first-order chi connectivity index (χ1) is 23.4. The molecule has 1 unspecified atom stereocenters. The zero-order valence-corrected chi connectivity index (χ0v) is 31.7. The third-order valence-corrected chi connectivity index (χ3v) is 10.4. The van der Waals surface area contributed by atoms with E-state index in [9.17, 15) is 14.7 Å². The standard InChI is InChI=1S/C40H44N4O5.Mg/c1-10-24-20(5)27-16-29-22(7)26(12-13-33(45)49-15-14-19(3)4)37(43-29)35-36(40(47)48-9)39(46)34-23(8)30(44-38(34)35)18-32-25(11-2)21(6)28(42-32)17-31(24)41-27;/h10,14,16-18,22,26,36-37,46H,1,11-13,15H2,2-9H3;/q-4;+2/b28-17-,29-16-,32-18-;/t22-,26-,36+,37?;/m0./s1. The molecule has 258 valence electrons. The number of esters is 2. The number of rotatable bonds is 8. The Morgan fingerprint density at radius 3 is 2.34 bits per heavy atom. The molecule has 1 saturated heterocycles. The van der Waals surface area contributed by atoms with E-state index in [2.05, 4.69) is 27.4 Å². The van der Waals surface area contributed by atoms with Crippen molar-refractivity contribution in [3.63, 3.8) is 0 Å². The van der Waals surface area contributed by atoms with Crippen LogP contribution in [0.15, 0.2) is 23.9 Å². The Kier molecular flexibility index (Phi) is 10.8. The third-order valence-electron chi connectivity index (χ3n) is 10.4.